The summed E-state index contributed by atoms with van der Waals surface area (Å²) >= 11 is 0. The van der Waals surface area contributed by atoms with Gasteiger partial charge in [0.1, 0.15) is 0 Å². The van der Waals surface area contributed by atoms with Crippen LogP contribution in [0.2, 0.25) is 0 Å². The first-order valence-corrected chi connectivity index (χ1v) is 17.2. The first kappa shape index (κ1) is 31.6. The number of rotatable bonds is 9. The summed E-state index contributed by atoms with van der Waals surface area (Å²) in [5, 5.41) is 2.54. The fraction of sp³-hybridized carbons (Fsp3) is 0.0208. The fourth-order valence-electron chi connectivity index (χ4n) is 6.84. The summed E-state index contributed by atoms with van der Waals surface area (Å²) in [5.41, 5.74) is 13.8. The topological polar surface area (TPSA) is 21.1 Å². The minimum Gasteiger partial charge on any atom is -0.311 e. The van der Waals surface area contributed by atoms with E-state index in [-0.39, 0.29) is 0 Å². The number of benzene rings is 6. The summed E-state index contributed by atoms with van der Waals surface area (Å²) in [6.07, 6.45) is 11.6. The number of para-hydroxylation sites is 2. The average Bonchev–Trinajstić information content (AvgIpc) is 3.54. The number of hydrogen-bond acceptors (Lipinski definition) is 2. The molecule has 0 saturated heterocycles. The Morgan fingerprint density at radius 2 is 1.06 bits per heavy atom. The smallest absolute Gasteiger partial charge is 0.0541 e. The molecule has 2 heterocycles. The van der Waals surface area contributed by atoms with Gasteiger partial charge in [-0.1, -0.05) is 122 Å². The molecule has 0 bridgehead atoms. The van der Waals surface area contributed by atoms with Crippen molar-refractivity contribution < 1.29 is 0 Å². The van der Waals surface area contributed by atoms with Gasteiger partial charge in [-0.05, 0) is 107 Å². The molecule has 0 saturated carbocycles. The third-order valence-electron chi connectivity index (χ3n) is 9.46. The molecule has 3 heteroatoms. The molecule has 244 valence electrons. The maximum absolute atomic E-state index is 4.31. The van der Waals surface area contributed by atoms with E-state index in [1.165, 1.54) is 44.1 Å². The highest BCUT2D eigenvalue weighted by Crippen LogP contribution is 2.38. The van der Waals surface area contributed by atoms with Crippen molar-refractivity contribution in [3.05, 3.63) is 207 Å². The third-order valence-corrected chi connectivity index (χ3v) is 9.46. The third kappa shape index (κ3) is 6.29. The molecule has 0 radical (unpaired) electrons. The van der Waals surface area contributed by atoms with E-state index in [1.54, 1.807) is 12.3 Å². The number of aromatic nitrogens is 2. The van der Waals surface area contributed by atoms with Crippen molar-refractivity contribution in [1.29, 1.82) is 0 Å². The van der Waals surface area contributed by atoms with Crippen molar-refractivity contribution in [3.8, 4) is 27.9 Å². The zero-order valence-electron chi connectivity index (χ0n) is 28.5. The fourth-order valence-corrected chi connectivity index (χ4v) is 6.84. The van der Waals surface area contributed by atoms with Gasteiger partial charge >= 0.3 is 0 Å². The molecular weight excluding hydrogens is 619 g/mol. The Morgan fingerprint density at radius 1 is 0.549 bits per heavy atom. The van der Waals surface area contributed by atoms with Crippen molar-refractivity contribution in [2.75, 3.05) is 4.90 Å². The predicted octanol–water partition coefficient (Wildman–Crippen LogP) is 13.1. The van der Waals surface area contributed by atoms with Crippen molar-refractivity contribution in [2.24, 2.45) is 0 Å². The summed E-state index contributed by atoms with van der Waals surface area (Å²) < 4.78 is 2.36. The van der Waals surface area contributed by atoms with E-state index >= 15 is 0 Å². The summed E-state index contributed by atoms with van der Waals surface area (Å²) in [6, 6.07) is 56.6. The van der Waals surface area contributed by atoms with Crippen molar-refractivity contribution in [1.82, 2.24) is 9.55 Å². The zero-order chi connectivity index (χ0) is 34.6. The van der Waals surface area contributed by atoms with E-state index in [4.69, 9.17) is 0 Å². The molecule has 0 aliphatic carbocycles. The Bertz CT molecular complexity index is 2450. The van der Waals surface area contributed by atoms with Crippen LogP contribution in [0.25, 0.3) is 55.3 Å². The largest absolute Gasteiger partial charge is 0.311 e. The number of nitrogens with zero attached hydrogens (tertiary/aromatic N) is 3. The lowest BCUT2D eigenvalue weighted by atomic mass is 10.0. The molecule has 0 spiro atoms. The van der Waals surface area contributed by atoms with Crippen LogP contribution < -0.4 is 4.90 Å². The highest BCUT2D eigenvalue weighted by Gasteiger charge is 2.15. The van der Waals surface area contributed by atoms with Gasteiger partial charge in [0, 0.05) is 45.9 Å². The summed E-state index contributed by atoms with van der Waals surface area (Å²) in [4.78, 5) is 6.62. The van der Waals surface area contributed by atoms with E-state index in [0.717, 1.165) is 33.9 Å². The molecule has 0 aliphatic heterocycles. The van der Waals surface area contributed by atoms with E-state index in [0.29, 0.717) is 0 Å². The predicted molar refractivity (Wildman–Crippen MR) is 217 cm³/mol. The minimum absolute atomic E-state index is 1.08. The van der Waals surface area contributed by atoms with E-state index in [1.807, 2.05) is 24.4 Å². The van der Waals surface area contributed by atoms with Gasteiger partial charge in [-0.15, -0.1) is 0 Å². The van der Waals surface area contributed by atoms with Gasteiger partial charge in [0.15, 0.2) is 0 Å². The summed E-state index contributed by atoms with van der Waals surface area (Å²) in [7, 11) is 0. The van der Waals surface area contributed by atoms with E-state index < -0.39 is 0 Å². The van der Waals surface area contributed by atoms with Gasteiger partial charge in [-0.25, -0.2) is 0 Å². The summed E-state index contributed by atoms with van der Waals surface area (Å²) in [6.45, 7) is 5.90. The lowest BCUT2D eigenvalue weighted by Gasteiger charge is -2.26. The quantitative estimate of drug-likeness (QED) is 0.144. The highest BCUT2D eigenvalue weighted by atomic mass is 15.1. The number of hydrogen-bond donors (Lipinski definition) is 0. The second-order valence-electron chi connectivity index (χ2n) is 12.6. The number of allylic oxidation sites excluding steroid dienone is 5. The van der Waals surface area contributed by atoms with Crippen LogP contribution in [-0.4, -0.2) is 9.55 Å². The molecule has 0 aliphatic rings. The zero-order valence-corrected chi connectivity index (χ0v) is 28.5. The maximum atomic E-state index is 4.31. The number of fused-ring (bicyclic) bond motifs is 3. The Balaban J connectivity index is 1.12. The summed E-state index contributed by atoms with van der Waals surface area (Å²) in [5.74, 6) is 0. The van der Waals surface area contributed by atoms with Crippen LogP contribution >= 0.6 is 0 Å². The Labute approximate surface area is 299 Å². The van der Waals surface area contributed by atoms with Gasteiger partial charge in [0.25, 0.3) is 0 Å². The molecule has 2 aromatic heterocycles. The lowest BCUT2D eigenvalue weighted by Crippen LogP contribution is -2.09. The molecule has 0 atom stereocenters. The van der Waals surface area contributed by atoms with Crippen LogP contribution in [0.4, 0.5) is 17.1 Å². The van der Waals surface area contributed by atoms with Gasteiger partial charge in [-0.3, -0.25) is 4.98 Å². The maximum Gasteiger partial charge on any atom is 0.0541 e. The lowest BCUT2D eigenvalue weighted by molar-refractivity contribution is 1.18. The van der Waals surface area contributed by atoms with Crippen molar-refractivity contribution in [2.45, 2.75) is 6.92 Å². The van der Waals surface area contributed by atoms with Crippen LogP contribution in [0.3, 0.4) is 0 Å². The number of anilines is 3. The molecule has 51 heavy (non-hydrogen) atoms. The van der Waals surface area contributed by atoms with Crippen LogP contribution in [0.5, 0.6) is 0 Å². The molecule has 8 aromatic rings. The average molecular weight is 656 g/mol. The van der Waals surface area contributed by atoms with Crippen LogP contribution in [0.15, 0.2) is 201 Å². The van der Waals surface area contributed by atoms with Crippen LogP contribution in [-0.2, 0) is 0 Å². The van der Waals surface area contributed by atoms with Gasteiger partial charge in [-0.2, -0.15) is 0 Å². The van der Waals surface area contributed by atoms with Crippen molar-refractivity contribution >= 4 is 44.4 Å². The molecule has 0 N–H and O–H groups in total. The molecule has 0 amide bonds. The molecular formula is C48H37N3. The van der Waals surface area contributed by atoms with Crippen LogP contribution in [0.1, 0.15) is 12.5 Å². The Morgan fingerprint density at radius 3 is 1.59 bits per heavy atom. The molecule has 0 unspecified atom stereocenters. The van der Waals surface area contributed by atoms with E-state index in [9.17, 15) is 0 Å². The SMILES string of the molecule is C=C/C=C\C=C(/C)c1ccc(N(c2ccc(-c3ccc(-n4c5ccccc5c5ccccc54)cc3)cc2)c2ccc(-c3cccnc3)cc2)cc1. The Kier molecular flexibility index (Phi) is 8.68. The van der Waals surface area contributed by atoms with Crippen molar-refractivity contribution in [3.63, 3.8) is 0 Å². The first-order chi connectivity index (χ1) is 25.2. The second kappa shape index (κ2) is 14.0. The second-order valence-corrected chi connectivity index (χ2v) is 12.6. The van der Waals surface area contributed by atoms with Gasteiger partial charge < -0.3 is 9.47 Å². The van der Waals surface area contributed by atoms with E-state index in [2.05, 4.69) is 186 Å². The minimum atomic E-state index is 1.08. The standard InChI is InChI=1S/C48H37N3/c1-3-4-5-11-35(2)36-17-25-41(26-18-36)50(43-29-23-39(24-30-43)40-12-10-33-49-34-40)42-27-19-37(20-28-42)38-21-31-44(32-22-38)51-47-15-8-6-13-45(47)46-14-7-9-16-48(46)51/h3-34H,1H2,2H3/b5-4-,35-11+. The van der Waals surface area contributed by atoms with Crippen LogP contribution in [0, 0.1) is 0 Å². The highest BCUT2D eigenvalue weighted by molar-refractivity contribution is 6.09. The molecule has 0 fully saturated rings. The Hall–Kier alpha value is -6.71. The first-order valence-electron chi connectivity index (χ1n) is 17.2. The monoisotopic (exact) mass is 655 g/mol. The number of pyridine rings is 1. The van der Waals surface area contributed by atoms with Gasteiger partial charge in [0.05, 0.1) is 11.0 Å². The van der Waals surface area contributed by atoms with Gasteiger partial charge in [0.2, 0.25) is 0 Å². The normalized spacial score (nSPS) is 11.7. The molecule has 3 nitrogen and oxygen atoms in total. The molecule has 8 rings (SSSR count). The molecule has 6 aromatic carbocycles.